The fraction of sp³-hybridized carbons (Fsp3) is 0.231. The molecule has 0 spiro atoms. The Morgan fingerprint density at radius 3 is 2.82 bits per heavy atom. The Labute approximate surface area is 99.7 Å². The average Bonchev–Trinajstić information content (AvgIpc) is 2.29. The Hall–Kier alpha value is -2.28. The number of rotatable bonds is 4. The van der Waals surface area contributed by atoms with Gasteiger partial charge in [0.15, 0.2) is 0 Å². The van der Waals surface area contributed by atoms with E-state index in [0.717, 1.165) is 0 Å². The lowest BCUT2D eigenvalue weighted by Crippen LogP contribution is -2.22. The maximum atomic E-state index is 11.4. The van der Waals surface area contributed by atoms with E-state index in [9.17, 15) is 14.7 Å². The van der Waals surface area contributed by atoms with Gasteiger partial charge in [0.2, 0.25) is 5.91 Å². The monoisotopic (exact) mass is 230 g/mol. The number of carboxylic acid groups (broad SMARTS) is 1. The number of amides is 1. The Balaban J connectivity index is 2.61. The number of carbonyl (C=O) groups excluding carboxylic acids is 2. The van der Waals surface area contributed by atoms with E-state index in [1.165, 1.54) is 12.1 Å². The fourth-order valence-electron chi connectivity index (χ4n) is 1.25. The lowest BCUT2D eigenvalue weighted by Gasteiger charge is -2.07. The first-order chi connectivity index (χ1) is 8.13. The molecule has 0 aliphatic heterocycles. The van der Waals surface area contributed by atoms with Crippen LogP contribution in [-0.4, -0.2) is 11.9 Å². The molecule has 0 bridgehead atoms. The number of nitrogens with one attached hydrogen (secondary N) is 1. The Morgan fingerprint density at radius 2 is 2.18 bits per heavy atom. The molecule has 0 aliphatic rings. The topological polar surface area (TPSA) is 69.2 Å². The number of carboxylic acids is 1. The molecule has 0 aromatic heterocycles. The molecule has 4 nitrogen and oxygen atoms in total. The van der Waals surface area contributed by atoms with Gasteiger partial charge in [-0.1, -0.05) is 12.1 Å². The second-order valence-corrected chi connectivity index (χ2v) is 3.34. The van der Waals surface area contributed by atoms with E-state index >= 15 is 0 Å². The molecule has 0 unspecified atom stereocenters. The third-order valence-electron chi connectivity index (χ3n) is 2.04. The fourth-order valence-corrected chi connectivity index (χ4v) is 1.25. The van der Waals surface area contributed by atoms with Gasteiger partial charge in [0, 0.05) is 18.5 Å². The third-order valence-corrected chi connectivity index (χ3v) is 2.04. The SMILES string of the molecule is CC#CCCC(=O)Nc1cccc(C(=O)[O-])c1. The first kappa shape index (κ1) is 12.8. The summed E-state index contributed by atoms with van der Waals surface area (Å²) >= 11 is 0. The zero-order valence-electron chi connectivity index (χ0n) is 9.45. The molecule has 1 aromatic carbocycles. The van der Waals surface area contributed by atoms with Crippen LogP contribution in [0.2, 0.25) is 0 Å². The summed E-state index contributed by atoms with van der Waals surface area (Å²) in [4.78, 5) is 22.0. The number of benzene rings is 1. The lowest BCUT2D eigenvalue weighted by molar-refractivity contribution is -0.255. The van der Waals surface area contributed by atoms with Crippen LogP contribution in [0.3, 0.4) is 0 Å². The van der Waals surface area contributed by atoms with Crippen molar-refractivity contribution in [2.24, 2.45) is 0 Å². The van der Waals surface area contributed by atoms with Gasteiger partial charge in [-0.3, -0.25) is 4.79 Å². The summed E-state index contributed by atoms with van der Waals surface area (Å²) in [5.74, 6) is 4.02. The van der Waals surface area contributed by atoms with Crippen LogP contribution in [0.25, 0.3) is 0 Å². The molecule has 0 saturated carbocycles. The van der Waals surface area contributed by atoms with Crippen LogP contribution < -0.4 is 10.4 Å². The number of aromatic carboxylic acids is 1. The maximum absolute atomic E-state index is 11.4. The minimum atomic E-state index is -1.27. The first-order valence-corrected chi connectivity index (χ1v) is 5.14. The van der Waals surface area contributed by atoms with Crippen molar-refractivity contribution in [2.45, 2.75) is 19.8 Å². The minimum Gasteiger partial charge on any atom is -0.545 e. The molecule has 17 heavy (non-hydrogen) atoms. The first-order valence-electron chi connectivity index (χ1n) is 5.14. The normalized spacial score (nSPS) is 9.00. The van der Waals surface area contributed by atoms with Crippen LogP contribution in [0.15, 0.2) is 24.3 Å². The minimum absolute atomic E-state index is 0.0381. The highest BCUT2D eigenvalue weighted by Gasteiger charge is 2.02. The molecule has 1 N–H and O–H groups in total. The zero-order valence-corrected chi connectivity index (χ0v) is 9.45. The summed E-state index contributed by atoms with van der Waals surface area (Å²) in [6, 6.07) is 5.94. The van der Waals surface area contributed by atoms with Crippen molar-refractivity contribution in [3.8, 4) is 11.8 Å². The maximum Gasteiger partial charge on any atom is 0.225 e. The molecule has 0 radical (unpaired) electrons. The molecule has 0 aliphatic carbocycles. The van der Waals surface area contributed by atoms with Crippen molar-refractivity contribution in [3.63, 3.8) is 0 Å². The second kappa shape index (κ2) is 6.33. The van der Waals surface area contributed by atoms with Crippen LogP contribution in [-0.2, 0) is 4.79 Å². The van der Waals surface area contributed by atoms with Crippen LogP contribution >= 0.6 is 0 Å². The molecule has 0 saturated heterocycles. The van der Waals surface area contributed by atoms with Crippen LogP contribution in [0, 0.1) is 11.8 Å². The van der Waals surface area contributed by atoms with E-state index in [1.807, 2.05) is 0 Å². The van der Waals surface area contributed by atoms with E-state index in [0.29, 0.717) is 12.1 Å². The van der Waals surface area contributed by atoms with Gasteiger partial charge < -0.3 is 15.2 Å². The van der Waals surface area contributed by atoms with E-state index in [2.05, 4.69) is 17.2 Å². The number of hydrogen-bond donors (Lipinski definition) is 1. The second-order valence-electron chi connectivity index (χ2n) is 3.34. The molecular formula is C13H12NO3-. The average molecular weight is 230 g/mol. The summed E-state index contributed by atoms with van der Waals surface area (Å²) in [5.41, 5.74) is 0.484. The quantitative estimate of drug-likeness (QED) is 0.777. The zero-order chi connectivity index (χ0) is 12.7. The number of anilines is 1. The van der Waals surface area contributed by atoms with Crippen molar-refractivity contribution in [3.05, 3.63) is 29.8 Å². The van der Waals surface area contributed by atoms with E-state index in [-0.39, 0.29) is 17.9 Å². The van der Waals surface area contributed by atoms with E-state index < -0.39 is 5.97 Å². The summed E-state index contributed by atoms with van der Waals surface area (Å²) in [6.07, 6.45) is 0.777. The Morgan fingerprint density at radius 1 is 1.41 bits per heavy atom. The lowest BCUT2D eigenvalue weighted by atomic mass is 10.2. The van der Waals surface area contributed by atoms with Crippen LogP contribution in [0.1, 0.15) is 30.1 Å². The number of hydrogen-bond acceptors (Lipinski definition) is 3. The van der Waals surface area contributed by atoms with Crippen molar-refractivity contribution < 1.29 is 14.7 Å². The Bertz CT molecular complexity index is 483. The van der Waals surface area contributed by atoms with Gasteiger partial charge in [-0.2, -0.15) is 0 Å². The van der Waals surface area contributed by atoms with Gasteiger partial charge in [0.25, 0.3) is 0 Å². The highest BCUT2D eigenvalue weighted by Crippen LogP contribution is 2.10. The molecule has 0 fully saturated rings. The number of carbonyl (C=O) groups is 2. The van der Waals surface area contributed by atoms with Crippen LogP contribution in [0.4, 0.5) is 5.69 Å². The van der Waals surface area contributed by atoms with Gasteiger partial charge in [-0.25, -0.2) is 0 Å². The third kappa shape index (κ3) is 4.39. The Kier molecular flexibility index (Phi) is 4.77. The highest BCUT2D eigenvalue weighted by atomic mass is 16.4. The molecule has 1 amide bonds. The van der Waals surface area contributed by atoms with E-state index in [1.54, 1.807) is 19.1 Å². The largest absolute Gasteiger partial charge is 0.545 e. The summed E-state index contributed by atoms with van der Waals surface area (Å²) in [7, 11) is 0. The van der Waals surface area contributed by atoms with Crippen molar-refractivity contribution in [1.82, 2.24) is 0 Å². The molecule has 1 rings (SSSR count). The van der Waals surface area contributed by atoms with Gasteiger partial charge >= 0.3 is 0 Å². The highest BCUT2D eigenvalue weighted by molar-refractivity contribution is 5.93. The summed E-state index contributed by atoms with van der Waals surface area (Å²) in [5, 5.41) is 13.2. The van der Waals surface area contributed by atoms with Crippen molar-refractivity contribution in [1.29, 1.82) is 0 Å². The molecule has 0 atom stereocenters. The predicted molar refractivity (Wildman–Crippen MR) is 62.1 cm³/mol. The molecule has 4 heteroatoms. The molecule has 0 heterocycles. The molecular weight excluding hydrogens is 218 g/mol. The molecule has 88 valence electrons. The standard InChI is InChI=1S/C13H13NO3/c1-2-3-4-8-12(15)14-11-7-5-6-10(9-11)13(16)17/h5-7,9H,4,8H2,1H3,(H,14,15)(H,16,17)/p-1. The van der Waals surface area contributed by atoms with Gasteiger partial charge in [-0.05, 0) is 24.6 Å². The predicted octanol–water partition coefficient (Wildman–Crippen LogP) is 0.792. The van der Waals surface area contributed by atoms with Gasteiger partial charge in [0.05, 0.1) is 5.97 Å². The summed E-state index contributed by atoms with van der Waals surface area (Å²) < 4.78 is 0. The van der Waals surface area contributed by atoms with Crippen molar-refractivity contribution in [2.75, 3.05) is 5.32 Å². The smallest absolute Gasteiger partial charge is 0.225 e. The van der Waals surface area contributed by atoms with Gasteiger partial charge in [-0.15, -0.1) is 11.8 Å². The van der Waals surface area contributed by atoms with Crippen molar-refractivity contribution >= 4 is 17.6 Å². The van der Waals surface area contributed by atoms with E-state index in [4.69, 9.17) is 0 Å². The summed E-state index contributed by atoms with van der Waals surface area (Å²) in [6.45, 7) is 1.71. The van der Waals surface area contributed by atoms with Crippen LogP contribution in [0.5, 0.6) is 0 Å². The molecule has 1 aromatic rings. The van der Waals surface area contributed by atoms with Gasteiger partial charge in [0.1, 0.15) is 0 Å².